The third kappa shape index (κ3) is 5.42. The Kier molecular flexibility index (Phi) is 6.97. The average Bonchev–Trinajstić information content (AvgIpc) is 3.01. The van der Waals surface area contributed by atoms with Crippen molar-refractivity contribution >= 4 is 5.91 Å². The van der Waals surface area contributed by atoms with Crippen molar-refractivity contribution < 1.29 is 14.3 Å². The monoisotopic (exact) mass is 432 g/mol. The van der Waals surface area contributed by atoms with E-state index in [0.29, 0.717) is 32.1 Å². The second-order valence-electron chi connectivity index (χ2n) is 7.86. The number of aromatic nitrogens is 2. The first kappa shape index (κ1) is 21.8. The van der Waals surface area contributed by atoms with Gasteiger partial charge in [-0.05, 0) is 55.3 Å². The van der Waals surface area contributed by atoms with Gasteiger partial charge in [0.15, 0.2) is 0 Å². The molecule has 7 nitrogen and oxygen atoms in total. The largest absolute Gasteiger partial charge is 0.487 e. The summed E-state index contributed by atoms with van der Waals surface area (Å²) in [5.41, 5.74) is 4.75. The van der Waals surface area contributed by atoms with Crippen LogP contribution in [0.25, 0.3) is 11.1 Å². The Morgan fingerprint density at radius 3 is 2.91 bits per heavy atom. The molecule has 1 amide bonds. The highest BCUT2D eigenvalue weighted by atomic mass is 16.5. The molecule has 166 valence electrons. The SMILES string of the molecule is COc1ncccc1-c1ccc(OCc2cccc(C)n2)c(CN2CCCNC(=O)C2)c1. The number of carbonyl (C=O) groups is 1. The van der Waals surface area contributed by atoms with Crippen molar-refractivity contribution in [2.24, 2.45) is 0 Å². The van der Waals surface area contributed by atoms with Gasteiger partial charge in [0.2, 0.25) is 11.8 Å². The van der Waals surface area contributed by atoms with E-state index in [1.54, 1.807) is 13.3 Å². The predicted molar refractivity (Wildman–Crippen MR) is 122 cm³/mol. The molecule has 1 fully saturated rings. The van der Waals surface area contributed by atoms with Crippen molar-refractivity contribution in [2.45, 2.75) is 26.5 Å². The highest BCUT2D eigenvalue weighted by Gasteiger charge is 2.18. The van der Waals surface area contributed by atoms with Gasteiger partial charge in [0.05, 0.1) is 19.3 Å². The predicted octanol–water partition coefficient (Wildman–Crippen LogP) is 3.36. The van der Waals surface area contributed by atoms with Gasteiger partial charge >= 0.3 is 0 Å². The molecule has 1 saturated heterocycles. The summed E-state index contributed by atoms with van der Waals surface area (Å²) in [6, 6.07) is 15.9. The molecule has 0 radical (unpaired) electrons. The topological polar surface area (TPSA) is 76.6 Å². The summed E-state index contributed by atoms with van der Waals surface area (Å²) in [7, 11) is 1.62. The van der Waals surface area contributed by atoms with Crippen molar-refractivity contribution in [3.05, 3.63) is 71.7 Å². The number of methoxy groups -OCH3 is 1. The van der Waals surface area contributed by atoms with E-state index in [1.807, 2.05) is 49.4 Å². The van der Waals surface area contributed by atoms with Gasteiger partial charge < -0.3 is 14.8 Å². The summed E-state index contributed by atoms with van der Waals surface area (Å²) < 4.78 is 11.6. The molecule has 0 aliphatic carbocycles. The van der Waals surface area contributed by atoms with E-state index in [0.717, 1.165) is 46.8 Å². The Balaban J connectivity index is 1.64. The second-order valence-corrected chi connectivity index (χ2v) is 7.86. The minimum Gasteiger partial charge on any atom is -0.487 e. The zero-order valence-electron chi connectivity index (χ0n) is 18.5. The molecule has 0 spiro atoms. The Morgan fingerprint density at radius 2 is 2.06 bits per heavy atom. The Labute approximate surface area is 188 Å². The van der Waals surface area contributed by atoms with Crippen LogP contribution in [0.1, 0.15) is 23.4 Å². The van der Waals surface area contributed by atoms with Crippen LogP contribution in [0.5, 0.6) is 11.6 Å². The zero-order valence-corrected chi connectivity index (χ0v) is 18.5. The quantitative estimate of drug-likeness (QED) is 0.617. The second kappa shape index (κ2) is 10.2. The average molecular weight is 433 g/mol. The summed E-state index contributed by atoms with van der Waals surface area (Å²) in [6.45, 7) is 4.89. The van der Waals surface area contributed by atoms with Crippen molar-refractivity contribution in [2.75, 3.05) is 26.7 Å². The van der Waals surface area contributed by atoms with Crippen LogP contribution >= 0.6 is 0 Å². The molecular formula is C25H28N4O3. The van der Waals surface area contributed by atoms with Gasteiger partial charge in [-0.3, -0.25) is 14.7 Å². The smallest absolute Gasteiger partial charge is 0.234 e. The number of carbonyl (C=O) groups excluding carboxylic acids is 1. The fourth-order valence-electron chi connectivity index (χ4n) is 3.86. The van der Waals surface area contributed by atoms with Crippen molar-refractivity contribution in [3.8, 4) is 22.8 Å². The highest BCUT2D eigenvalue weighted by Crippen LogP contribution is 2.32. The summed E-state index contributed by atoms with van der Waals surface area (Å²) in [5.74, 6) is 1.41. The van der Waals surface area contributed by atoms with E-state index < -0.39 is 0 Å². The van der Waals surface area contributed by atoms with E-state index in [-0.39, 0.29) is 5.91 Å². The van der Waals surface area contributed by atoms with Crippen LogP contribution in [0.4, 0.5) is 0 Å². The highest BCUT2D eigenvalue weighted by molar-refractivity contribution is 5.78. The number of nitrogens with zero attached hydrogens (tertiary/aromatic N) is 3. The number of nitrogens with one attached hydrogen (secondary N) is 1. The first-order valence-corrected chi connectivity index (χ1v) is 10.8. The minimum absolute atomic E-state index is 0.0546. The van der Waals surface area contributed by atoms with Crippen molar-refractivity contribution in [1.29, 1.82) is 0 Å². The normalized spacial score (nSPS) is 14.5. The number of ether oxygens (including phenoxy) is 2. The van der Waals surface area contributed by atoms with Gasteiger partial charge in [-0.2, -0.15) is 0 Å². The summed E-state index contributed by atoms with van der Waals surface area (Å²) in [5, 5.41) is 2.93. The van der Waals surface area contributed by atoms with E-state index in [1.165, 1.54) is 0 Å². The maximum atomic E-state index is 12.1. The molecule has 3 aromatic rings. The number of pyridine rings is 2. The number of benzene rings is 1. The number of hydrogen-bond donors (Lipinski definition) is 1. The molecular weight excluding hydrogens is 404 g/mol. The fourth-order valence-corrected chi connectivity index (χ4v) is 3.86. The summed E-state index contributed by atoms with van der Waals surface area (Å²) in [4.78, 5) is 23.1. The van der Waals surface area contributed by atoms with Gasteiger partial charge in [-0.15, -0.1) is 0 Å². The lowest BCUT2D eigenvalue weighted by Gasteiger charge is -2.21. The van der Waals surface area contributed by atoms with E-state index >= 15 is 0 Å². The minimum atomic E-state index is 0.0546. The maximum absolute atomic E-state index is 12.1. The standard InChI is InChI=1S/C25H28N4O3/c1-18-6-3-7-21(28-18)17-32-23-10-9-19(22-8-4-11-27-25(22)31-2)14-20(23)15-29-13-5-12-26-24(30)16-29/h3-4,6-11,14H,5,12-13,15-17H2,1-2H3,(H,26,30). The van der Waals surface area contributed by atoms with Gasteiger partial charge in [-0.1, -0.05) is 12.1 Å². The molecule has 2 aromatic heterocycles. The molecule has 32 heavy (non-hydrogen) atoms. The number of aryl methyl sites for hydroxylation is 1. The third-order valence-electron chi connectivity index (χ3n) is 5.39. The lowest BCUT2D eigenvalue weighted by Crippen LogP contribution is -2.32. The number of amides is 1. The molecule has 3 heterocycles. The van der Waals surface area contributed by atoms with E-state index in [2.05, 4.69) is 26.3 Å². The zero-order chi connectivity index (χ0) is 22.3. The number of rotatable bonds is 7. The Hall–Kier alpha value is -3.45. The van der Waals surface area contributed by atoms with Gasteiger partial charge in [0, 0.05) is 42.7 Å². The van der Waals surface area contributed by atoms with E-state index in [4.69, 9.17) is 9.47 Å². The molecule has 1 aliphatic heterocycles. The van der Waals surface area contributed by atoms with E-state index in [9.17, 15) is 4.79 Å². The molecule has 4 rings (SSSR count). The molecule has 1 N–H and O–H groups in total. The molecule has 0 saturated carbocycles. The lowest BCUT2D eigenvalue weighted by molar-refractivity contribution is -0.121. The van der Waals surface area contributed by atoms with Crippen LogP contribution < -0.4 is 14.8 Å². The van der Waals surface area contributed by atoms with Crippen molar-refractivity contribution in [3.63, 3.8) is 0 Å². The Bertz CT molecular complexity index is 1090. The molecule has 0 unspecified atom stereocenters. The first-order valence-electron chi connectivity index (χ1n) is 10.8. The third-order valence-corrected chi connectivity index (χ3v) is 5.39. The summed E-state index contributed by atoms with van der Waals surface area (Å²) >= 11 is 0. The molecule has 7 heteroatoms. The van der Waals surface area contributed by atoms with Crippen LogP contribution in [-0.2, 0) is 17.9 Å². The molecule has 0 atom stereocenters. The molecule has 1 aromatic carbocycles. The van der Waals surface area contributed by atoms with Crippen LogP contribution in [0, 0.1) is 6.92 Å². The van der Waals surface area contributed by atoms with Crippen LogP contribution in [0.3, 0.4) is 0 Å². The van der Waals surface area contributed by atoms with Gasteiger partial charge in [-0.25, -0.2) is 4.98 Å². The first-order chi connectivity index (χ1) is 15.6. The molecule has 0 bridgehead atoms. The van der Waals surface area contributed by atoms with Crippen LogP contribution in [0.2, 0.25) is 0 Å². The van der Waals surface area contributed by atoms with Crippen LogP contribution in [0.15, 0.2) is 54.7 Å². The lowest BCUT2D eigenvalue weighted by atomic mass is 10.0. The Morgan fingerprint density at radius 1 is 1.16 bits per heavy atom. The fraction of sp³-hybridized carbons (Fsp3) is 0.320. The van der Waals surface area contributed by atoms with Gasteiger partial charge in [0.25, 0.3) is 0 Å². The molecule has 1 aliphatic rings. The maximum Gasteiger partial charge on any atom is 0.234 e. The summed E-state index contributed by atoms with van der Waals surface area (Å²) in [6.07, 6.45) is 2.64. The van der Waals surface area contributed by atoms with Gasteiger partial charge in [0.1, 0.15) is 12.4 Å². The van der Waals surface area contributed by atoms with Crippen LogP contribution in [-0.4, -0.2) is 47.5 Å². The van der Waals surface area contributed by atoms with Crippen molar-refractivity contribution in [1.82, 2.24) is 20.2 Å². The number of hydrogen-bond acceptors (Lipinski definition) is 6.